The van der Waals surface area contributed by atoms with Crippen molar-refractivity contribution in [3.8, 4) is 0 Å². The molecule has 41 heavy (non-hydrogen) atoms. The third-order valence-corrected chi connectivity index (χ3v) is 8.79. The SMILES string of the molecule is CCCCCCCCCCCCCCCC/C=C/C1=C(/C=C/CCCCCCCCCCCCCCCC)[N]C=C1. The molecule has 1 heteroatoms. The summed E-state index contributed by atoms with van der Waals surface area (Å²) in [4.78, 5) is 0. The van der Waals surface area contributed by atoms with E-state index in [1.54, 1.807) is 0 Å². The second-order valence-electron chi connectivity index (χ2n) is 12.9. The Morgan fingerprint density at radius 1 is 0.415 bits per heavy atom. The summed E-state index contributed by atoms with van der Waals surface area (Å²) in [5, 5.41) is 4.58. The molecule has 0 amide bonds. The summed E-state index contributed by atoms with van der Waals surface area (Å²) in [6.45, 7) is 4.60. The van der Waals surface area contributed by atoms with Gasteiger partial charge in [-0.25, -0.2) is 0 Å². The summed E-state index contributed by atoms with van der Waals surface area (Å²) < 4.78 is 0. The fraction of sp³-hybridized carbons (Fsp3) is 0.800. The van der Waals surface area contributed by atoms with Crippen LogP contribution in [0.4, 0.5) is 0 Å². The van der Waals surface area contributed by atoms with Crippen LogP contribution in [0.25, 0.3) is 0 Å². The van der Waals surface area contributed by atoms with Crippen LogP contribution in [-0.2, 0) is 0 Å². The molecular formula is C40H72N. The van der Waals surface area contributed by atoms with E-state index in [1.807, 2.05) is 6.20 Å². The smallest absolute Gasteiger partial charge is 0.0699 e. The number of unbranched alkanes of at least 4 members (excludes halogenated alkanes) is 28. The van der Waals surface area contributed by atoms with E-state index in [-0.39, 0.29) is 0 Å². The summed E-state index contributed by atoms with van der Waals surface area (Å²) in [5.41, 5.74) is 2.43. The minimum absolute atomic E-state index is 1.15. The van der Waals surface area contributed by atoms with Crippen LogP contribution in [0.1, 0.15) is 206 Å². The highest BCUT2D eigenvalue weighted by molar-refractivity contribution is 5.44. The van der Waals surface area contributed by atoms with Crippen LogP contribution in [0.15, 0.2) is 47.9 Å². The van der Waals surface area contributed by atoms with E-state index < -0.39 is 0 Å². The number of allylic oxidation sites excluding steroid dienone is 6. The van der Waals surface area contributed by atoms with Gasteiger partial charge in [0.25, 0.3) is 0 Å². The molecular weight excluding hydrogens is 494 g/mol. The van der Waals surface area contributed by atoms with E-state index in [0.29, 0.717) is 0 Å². The zero-order chi connectivity index (χ0) is 29.3. The summed E-state index contributed by atoms with van der Waals surface area (Å²) >= 11 is 0. The third-order valence-electron chi connectivity index (χ3n) is 8.79. The molecule has 1 rings (SSSR count). The highest BCUT2D eigenvalue weighted by Crippen LogP contribution is 2.18. The molecule has 237 valence electrons. The number of rotatable bonds is 32. The summed E-state index contributed by atoms with van der Waals surface area (Å²) in [6.07, 6.45) is 55.7. The molecule has 0 atom stereocenters. The van der Waals surface area contributed by atoms with Gasteiger partial charge >= 0.3 is 0 Å². The highest BCUT2D eigenvalue weighted by Gasteiger charge is 2.04. The van der Waals surface area contributed by atoms with Crippen LogP contribution in [-0.4, -0.2) is 0 Å². The van der Waals surface area contributed by atoms with Gasteiger partial charge in [-0.3, -0.25) is 5.32 Å². The minimum atomic E-state index is 1.15. The van der Waals surface area contributed by atoms with E-state index in [2.05, 4.69) is 49.5 Å². The Morgan fingerprint density at radius 3 is 1.10 bits per heavy atom. The van der Waals surface area contributed by atoms with Crippen LogP contribution >= 0.6 is 0 Å². The first-order valence-electron chi connectivity index (χ1n) is 18.8. The van der Waals surface area contributed by atoms with Crippen LogP contribution in [0, 0.1) is 0 Å². The standard InChI is InChI=1S/C40H72N/c1-3-5-7-9-11-13-15-17-19-21-23-25-27-29-31-33-35-39-37-38-41-40(39)36-34-32-30-28-26-24-22-20-18-16-14-12-10-8-6-4-2/h33-38H,3-32H2,1-2H3/b35-33+,36-34+. The van der Waals surface area contributed by atoms with Gasteiger partial charge in [0.05, 0.1) is 5.70 Å². The molecule has 0 aromatic heterocycles. The van der Waals surface area contributed by atoms with Crippen LogP contribution in [0.2, 0.25) is 0 Å². The lowest BCUT2D eigenvalue weighted by atomic mass is 10.0. The fourth-order valence-corrected chi connectivity index (χ4v) is 5.96. The predicted molar refractivity (Wildman–Crippen MR) is 186 cm³/mol. The lowest BCUT2D eigenvalue weighted by molar-refractivity contribution is 0.536. The van der Waals surface area contributed by atoms with Gasteiger partial charge in [0, 0.05) is 11.8 Å². The number of nitrogens with zero attached hydrogens (tertiary/aromatic N) is 1. The molecule has 0 aromatic rings. The second kappa shape index (κ2) is 31.7. The first-order chi connectivity index (χ1) is 20.4. The Hall–Kier alpha value is -1.24. The lowest BCUT2D eigenvalue weighted by Gasteiger charge is -2.03. The van der Waals surface area contributed by atoms with Gasteiger partial charge in [0.15, 0.2) is 0 Å². The van der Waals surface area contributed by atoms with Gasteiger partial charge < -0.3 is 0 Å². The molecule has 0 fully saturated rings. The zero-order valence-electron chi connectivity index (χ0n) is 28.1. The number of hydrogen-bond donors (Lipinski definition) is 0. The van der Waals surface area contributed by atoms with Gasteiger partial charge in [-0.2, -0.15) is 0 Å². The Morgan fingerprint density at radius 2 is 0.732 bits per heavy atom. The van der Waals surface area contributed by atoms with Crippen LogP contribution in [0.5, 0.6) is 0 Å². The Balaban J connectivity index is 1.91. The van der Waals surface area contributed by atoms with Crippen molar-refractivity contribution in [3.63, 3.8) is 0 Å². The maximum atomic E-state index is 4.58. The molecule has 0 bridgehead atoms. The molecule has 0 aliphatic carbocycles. The number of hydrogen-bond acceptors (Lipinski definition) is 0. The molecule has 1 aliphatic rings. The van der Waals surface area contributed by atoms with Gasteiger partial charge in [-0.15, -0.1) is 0 Å². The molecule has 0 spiro atoms. The molecule has 1 nitrogen and oxygen atoms in total. The molecule has 1 heterocycles. The molecule has 0 saturated heterocycles. The van der Waals surface area contributed by atoms with Crippen molar-refractivity contribution < 1.29 is 0 Å². The first-order valence-corrected chi connectivity index (χ1v) is 18.8. The van der Waals surface area contributed by atoms with E-state index in [1.165, 1.54) is 198 Å². The van der Waals surface area contributed by atoms with E-state index in [4.69, 9.17) is 0 Å². The largest absolute Gasteiger partial charge is 0.256 e. The van der Waals surface area contributed by atoms with E-state index in [0.717, 1.165) is 5.70 Å². The van der Waals surface area contributed by atoms with Crippen molar-refractivity contribution in [2.45, 2.75) is 206 Å². The Bertz CT molecular complexity index is 652. The highest BCUT2D eigenvalue weighted by atomic mass is 14.9. The van der Waals surface area contributed by atoms with Gasteiger partial charge in [0.2, 0.25) is 0 Å². The molecule has 0 aromatic carbocycles. The summed E-state index contributed by atoms with van der Waals surface area (Å²) in [7, 11) is 0. The quantitative estimate of drug-likeness (QED) is 0.0719. The van der Waals surface area contributed by atoms with Crippen LogP contribution < -0.4 is 5.32 Å². The second-order valence-corrected chi connectivity index (χ2v) is 12.9. The Kier molecular flexibility index (Phi) is 29.2. The molecule has 1 aliphatic heterocycles. The van der Waals surface area contributed by atoms with Crippen molar-refractivity contribution >= 4 is 0 Å². The van der Waals surface area contributed by atoms with E-state index >= 15 is 0 Å². The molecule has 0 N–H and O–H groups in total. The third kappa shape index (κ3) is 26.1. The maximum absolute atomic E-state index is 4.58. The average Bonchev–Trinajstić information content (AvgIpc) is 3.43. The van der Waals surface area contributed by atoms with Crippen LogP contribution in [0.3, 0.4) is 0 Å². The molecule has 0 saturated carbocycles. The average molecular weight is 567 g/mol. The molecule has 0 unspecified atom stereocenters. The van der Waals surface area contributed by atoms with Crippen molar-refractivity contribution in [2.75, 3.05) is 0 Å². The van der Waals surface area contributed by atoms with E-state index in [9.17, 15) is 0 Å². The summed E-state index contributed by atoms with van der Waals surface area (Å²) in [6, 6.07) is 0. The zero-order valence-corrected chi connectivity index (χ0v) is 28.1. The first kappa shape index (κ1) is 37.8. The van der Waals surface area contributed by atoms with Crippen molar-refractivity contribution in [3.05, 3.63) is 47.9 Å². The predicted octanol–water partition coefficient (Wildman–Crippen LogP) is 14.2. The minimum Gasteiger partial charge on any atom is -0.256 e. The monoisotopic (exact) mass is 567 g/mol. The van der Waals surface area contributed by atoms with Gasteiger partial charge in [0.1, 0.15) is 0 Å². The topological polar surface area (TPSA) is 14.1 Å². The molecule has 1 radical (unpaired) electrons. The van der Waals surface area contributed by atoms with Gasteiger partial charge in [-0.05, 0) is 37.8 Å². The Labute approximate surface area is 259 Å². The van der Waals surface area contributed by atoms with Crippen molar-refractivity contribution in [1.29, 1.82) is 0 Å². The lowest BCUT2D eigenvalue weighted by Crippen LogP contribution is -1.89. The fourth-order valence-electron chi connectivity index (χ4n) is 5.96. The van der Waals surface area contributed by atoms with Crippen molar-refractivity contribution in [1.82, 2.24) is 5.32 Å². The normalized spacial score (nSPS) is 13.4. The maximum Gasteiger partial charge on any atom is 0.0699 e. The summed E-state index contributed by atoms with van der Waals surface area (Å²) in [5.74, 6) is 0. The van der Waals surface area contributed by atoms with Gasteiger partial charge in [-0.1, -0.05) is 199 Å². The van der Waals surface area contributed by atoms with Crippen molar-refractivity contribution in [2.24, 2.45) is 0 Å².